The number of likely N-dealkylation sites (N-methyl/N-ethyl adjacent to an activating group) is 1. The fourth-order valence-corrected chi connectivity index (χ4v) is 2.59. The Labute approximate surface area is 136 Å². The molecule has 1 aliphatic heterocycles. The van der Waals surface area contributed by atoms with Crippen molar-refractivity contribution in [1.29, 1.82) is 0 Å². The van der Waals surface area contributed by atoms with Crippen molar-refractivity contribution in [3.63, 3.8) is 0 Å². The molecule has 0 bridgehead atoms. The fraction of sp³-hybridized carbons (Fsp3) is 0.812. The second-order valence-corrected chi connectivity index (χ2v) is 8.12. The summed E-state index contributed by atoms with van der Waals surface area (Å²) in [5.74, 6) is -2.54. The number of hydrogen-bond donors (Lipinski definition) is 1. The zero-order chi connectivity index (χ0) is 18.4. The van der Waals surface area contributed by atoms with Crippen LogP contribution in [-0.2, 0) is 23.9 Å². The minimum atomic E-state index is -2.23. The third kappa shape index (κ3) is 3.49. The minimum absolute atomic E-state index is 0.373. The molecule has 23 heavy (non-hydrogen) atoms. The van der Waals surface area contributed by atoms with Crippen molar-refractivity contribution in [3.8, 4) is 0 Å². The van der Waals surface area contributed by atoms with Crippen LogP contribution >= 0.6 is 0 Å². The molecule has 132 valence electrons. The number of likely N-dealkylation sites (tertiary alicyclic amines) is 1. The second kappa shape index (κ2) is 5.47. The molecular weight excluding hydrogens is 302 g/mol. The van der Waals surface area contributed by atoms with Gasteiger partial charge in [0.1, 0.15) is 16.8 Å². The number of hydrogen-bond acceptors (Lipinski definition) is 6. The Bertz CT molecular complexity index is 496. The van der Waals surface area contributed by atoms with E-state index in [1.165, 1.54) is 14.0 Å². The van der Waals surface area contributed by atoms with E-state index >= 15 is 0 Å². The number of ether oxygens (including phenoxy) is 2. The maximum atomic E-state index is 12.8. The largest absolute Gasteiger partial charge is 0.458 e. The van der Waals surface area contributed by atoms with E-state index in [4.69, 9.17) is 9.47 Å². The van der Waals surface area contributed by atoms with Gasteiger partial charge in [-0.3, -0.25) is 4.79 Å². The second-order valence-electron chi connectivity index (χ2n) is 8.12. The van der Waals surface area contributed by atoms with Crippen LogP contribution in [-0.4, -0.2) is 57.2 Å². The molecule has 0 aromatic carbocycles. The highest BCUT2D eigenvalue weighted by Crippen LogP contribution is 2.42. The highest BCUT2D eigenvalue weighted by molar-refractivity contribution is 6.12. The van der Waals surface area contributed by atoms with E-state index in [-0.39, 0.29) is 6.42 Å². The quantitative estimate of drug-likeness (QED) is 0.600. The van der Waals surface area contributed by atoms with E-state index in [0.29, 0.717) is 0 Å². The normalized spacial score (nSPS) is 24.6. The lowest BCUT2D eigenvalue weighted by molar-refractivity contribution is -0.199. The van der Waals surface area contributed by atoms with Crippen molar-refractivity contribution in [1.82, 2.24) is 4.90 Å². The van der Waals surface area contributed by atoms with Crippen molar-refractivity contribution < 1.29 is 29.0 Å². The highest BCUT2D eigenvalue weighted by Gasteiger charge is 2.71. The number of esters is 2. The molecule has 0 saturated carbocycles. The molecule has 1 heterocycles. The van der Waals surface area contributed by atoms with Crippen LogP contribution < -0.4 is 0 Å². The average molecular weight is 329 g/mol. The summed E-state index contributed by atoms with van der Waals surface area (Å²) in [6, 6.07) is 0. The van der Waals surface area contributed by atoms with Crippen LogP contribution in [0.25, 0.3) is 0 Å². The van der Waals surface area contributed by atoms with Gasteiger partial charge in [-0.1, -0.05) is 0 Å². The molecule has 7 heteroatoms. The van der Waals surface area contributed by atoms with E-state index < -0.39 is 40.2 Å². The molecule has 0 radical (unpaired) electrons. The number of rotatable bonds is 2. The molecule has 0 aromatic rings. The van der Waals surface area contributed by atoms with Gasteiger partial charge in [0.05, 0.1) is 6.42 Å². The summed E-state index contributed by atoms with van der Waals surface area (Å²) in [7, 11) is 1.29. The van der Waals surface area contributed by atoms with E-state index in [1.807, 2.05) is 0 Å². The Kier molecular flexibility index (Phi) is 4.62. The van der Waals surface area contributed by atoms with Crippen LogP contribution in [0.1, 0.15) is 54.9 Å². The molecule has 1 N–H and O–H groups in total. The lowest BCUT2D eigenvalue weighted by Crippen LogP contribution is -2.68. The first-order chi connectivity index (χ1) is 10.0. The van der Waals surface area contributed by atoms with Crippen molar-refractivity contribution in [2.45, 2.75) is 77.2 Å². The number of aliphatic hydroxyl groups is 1. The first kappa shape index (κ1) is 19.4. The molecule has 1 saturated heterocycles. The standard InChI is InChI=1S/C16H27NO6/c1-13(2,3)22-11(19)16(12(20)23-14(4,5)6)15(7,21)9-10(18)17(16)8/h21H,9H2,1-8H3. The van der Waals surface area contributed by atoms with Crippen LogP contribution in [0.4, 0.5) is 0 Å². The average Bonchev–Trinajstić information content (AvgIpc) is 2.40. The van der Waals surface area contributed by atoms with Gasteiger partial charge in [0.2, 0.25) is 5.91 Å². The predicted molar refractivity (Wildman–Crippen MR) is 82.4 cm³/mol. The number of amides is 1. The van der Waals surface area contributed by atoms with Crippen LogP contribution in [0.15, 0.2) is 0 Å². The Balaban J connectivity index is 3.46. The van der Waals surface area contributed by atoms with Crippen molar-refractivity contribution in [3.05, 3.63) is 0 Å². The molecule has 1 fully saturated rings. The smallest absolute Gasteiger partial charge is 0.347 e. The van der Waals surface area contributed by atoms with Crippen LogP contribution in [0, 0.1) is 0 Å². The summed E-state index contributed by atoms with van der Waals surface area (Å²) in [6.07, 6.45) is -0.373. The Morgan fingerprint density at radius 3 is 1.61 bits per heavy atom. The first-order valence-electron chi connectivity index (χ1n) is 7.50. The highest BCUT2D eigenvalue weighted by atomic mass is 16.6. The maximum absolute atomic E-state index is 12.8. The topological polar surface area (TPSA) is 93.1 Å². The van der Waals surface area contributed by atoms with E-state index in [0.717, 1.165) is 4.90 Å². The van der Waals surface area contributed by atoms with Crippen molar-refractivity contribution in [2.24, 2.45) is 0 Å². The predicted octanol–water partition coefficient (Wildman–Crippen LogP) is 1.02. The van der Waals surface area contributed by atoms with Gasteiger partial charge in [0, 0.05) is 7.05 Å². The lowest BCUT2D eigenvalue weighted by Gasteiger charge is -2.41. The third-order valence-electron chi connectivity index (χ3n) is 3.54. The Hall–Kier alpha value is -1.63. The summed E-state index contributed by atoms with van der Waals surface area (Å²) in [4.78, 5) is 38.6. The van der Waals surface area contributed by atoms with Gasteiger partial charge in [0.15, 0.2) is 0 Å². The van der Waals surface area contributed by atoms with Crippen molar-refractivity contribution >= 4 is 17.8 Å². The zero-order valence-electron chi connectivity index (χ0n) is 15.1. The van der Waals surface area contributed by atoms with Gasteiger partial charge >= 0.3 is 11.9 Å². The minimum Gasteiger partial charge on any atom is -0.458 e. The molecule has 7 nitrogen and oxygen atoms in total. The Morgan fingerprint density at radius 2 is 1.39 bits per heavy atom. The van der Waals surface area contributed by atoms with E-state index in [9.17, 15) is 19.5 Å². The number of carbonyl (C=O) groups excluding carboxylic acids is 3. The molecule has 0 aliphatic carbocycles. The molecule has 1 amide bonds. The summed E-state index contributed by atoms with van der Waals surface area (Å²) in [5, 5.41) is 10.7. The van der Waals surface area contributed by atoms with Crippen LogP contribution in [0.2, 0.25) is 0 Å². The summed E-state index contributed by atoms with van der Waals surface area (Å²) < 4.78 is 10.6. The molecule has 0 spiro atoms. The van der Waals surface area contributed by atoms with Gasteiger partial charge in [-0.05, 0) is 48.5 Å². The monoisotopic (exact) mass is 329 g/mol. The summed E-state index contributed by atoms with van der Waals surface area (Å²) in [6.45, 7) is 11.1. The van der Waals surface area contributed by atoms with Gasteiger partial charge in [0.25, 0.3) is 5.54 Å². The van der Waals surface area contributed by atoms with Gasteiger partial charge in [-0.15, -0.1) is 0 Å². The van der Waals surface area contributed by atoms with Crippen LogP contribution in [0.3, 0.4) is 0 Å². The molecular formula is C16H27NO6. The molecule has 1 unspecified atom stereocenters. The summed E-state index contributed by atoms with van der Waals surface area (Å²) >= 11 is 0. The van der Waals surface area contributed by atoms with E-state index in [2.05, 4.69) is 0 Å². The summed E-state index contributed by atoms with van der Waals surface area (Å²) in [5.41, 5.74) is -5.96. The van der Waals surface area contributed by atoms with E-state index in [1.54, 1.807) is 41.5 Å². The zero-order valence-corrected chi connectivity index (χ0v) is 15.1. The van der Waals surface area contributed by atoms with Gasteiger partial charge < -0.3 is 19.5 Å². The SMILES string of the molecule is CN1C(=O)CC(C)(O)C1(C(=O)OC(C)(C)C)C(=O)OC(C)(C)C. The molecule has 1 atom stereocenters. The molecule has 1 rings (SSSR count). The van der Waals surface area contributed by atoms with Gasteiger partial charge in [-0.25, -0.2) is 9.59 Å². The van der Waals surface area contributed by atoms with Crippen LogP contribution in [0.5, 0.6) is 0 Å². The molecule has 0 aromatic heterocycles. The maximum Gasteiger partial charge on any atom is 0.347 e. The Morgan fingerprint density at radius 1 is 1.04 bits per heavy atom. The van der Waals surface area contributed by atoms with Gasteiger partial charge in [-0.2, -0.15) is 0 Å². The first-order valence-corrected chi connectivity index (χ1v) is 7.50. The fourth-order valence-electron chi connectivity index (χ4n) is 2.59. The number of nitrogens with zero attached hydrogens (tertiary/aromatic N) is 1. The number of carbonyl (C=O) groups is 3. The third-order valence-corrected chi connectivity index (χ3v) is 3.54. The molecule has 1 aliphatic rings. The van der Waals surface area contributed by atoms with Crippen molar-refractivity contribution in [2.75, 3.05) is 7.05 Å². The lowest BCUT2D eigenvalue weighted by atomic mass is 9.81.